The fourth-order valence-corrected chi connectivity index (χ4v) is 4.15. The summed E-state index contributed by atoms with van der Waals surface area (Å²) in [6, 6.07) is 28.4. The molecule has 0 aromatic heterocycles. The molecule has 0 fully saturated rings. The number of hydrogen-bond donors (Lipinski definition) is 0. The van der Waals surface area contributed by atoms with Crippen LogP contribution in [0.15, 0.2) is 85.4 Å². The molecule has 0 spiro atoms. The Hall–Kier alpha value is -2.88. The smallest absolute Gasteiger partial charge is 0.123 e. The van der Waals surface area contributed by atoms with E-state index in [-0.39, 0.29) is 5.92 Å². The Morgan fingerprint density at radius 3 is 1.78 bits per heavy atom. The summed E-state index contributed by atoms with van der Waals surface area (Å²) in [5.41, 5.74) is 4.75. The fraction of sp³-hybridized carbons (Fsp3) is 0.394. The summed E-state index contributed by atoms with van der Waals surface area (Å²) < 4.78 is 10.4. The molecule has 3 heteroatoms. The Morgan fingerprint density at radius 1 is 0.806 bits per heavy atom. The van der Waals surface area contributed by atoms with Gasteiger partial charge in [0.25, 0.3) is 0 Å². The number of ether oxygens (including phenoxy) is 2. The lowest BCUT2D eigenvalue weighted by Crippen LogP contribution is -2.36. The van der Waals surface area contributed by atoms with Crippen LogP contribution < -0.4 is 4.74 Å². The zero-order valence-corrected chi connectivity index (χ0v) is 23.7. The first-order valence-corrected chi connectivity index (χ1v) is 12.9. The Bertz CT molecular complexity index is 959. The molecular weight excluding hydrogens is 442 g/mol. The predicted octanol–water partition coefficient (Wildman–Crippen LogP) is 8.45. The Kier molecular flexibility index (Phi) is 15.2. The van der Waals surface area contributed by atoms with Crippen LogP contribution in [0.3, 0.4) is 0 Å². The van der Waals surface area contributed by atoms with Gasteiger partial charge < -0.3 is 9.47 Å². The van der Waals surface area contributed by atoms with Crippen molar-refractivity contribution in [3.05, 3.63) is 108 Å². The molecule has 0 radical (unpaired) electrons. The van der Waals surface area contributed by atoms with Gasteiger partial charge in [-0.2, -0.15) is 0 Å². The van der Waals surface area contributed by atoms with E-state index in [1.807, 2.05) is 30.3 Å². The van der Waals surface area contributed by atoms with Crippen LogP contribution >= 0.6 is 0 Å². The highest BCUT2D eigenvalue weighted by atomic mass is 16.5. The van der Waals surface area contributed by atoms with Gasteiger partial charge in [0.15, 0.2) is 0 Å². The summed E-state index contributed by atoms with van der Waals surface area (Å²) in [5, 5.41) is 0. The summed E-state index contributed by atoms with van der Waals surface area (Å²) in [5.74, 6) is 1.19. The van der Waals surface area contributed by atoms with Crippen LogP contribution in [0, 0.1) is 0 Å². The number of rotatable bonds is 9. The Balaban J connectivity index is 0.000000454. The van der Waals surface area contributed by atoms with E-state index in [2.05, 4.69) is 112 Å². The minimum atomic E-state index is 0.261. The monoisotopic (exact) mass is 489 g/mol. The minimum absolute atomic E-state index is 0.261. The van der Waals surface area contributed by atoms with E-state index in [0.29, 0.717) is 18.7 Å². The summed E-state index contributed by atoms with van der Waals surface area (Å²) in [6.45, 7) is 19.0. The van der Waals surface area contributed by atoms with Crippen LogP contribution in [-0.4, -0.2) is 37.7 Å². The summed E-state index contributed by atoms with van der Waals surface area (Å²) >= 11 is 0. The molecule has 0 bridgehead atoms. The molecule has 0 saturated heterocycles. The van der Waals surface area contributed by atoms with Crippen LogP contribution in [0.5, 0.6) is 5.75 Å². The molecule has 3 aromatic carbocycles. The molecule has 36 heavy (non-hydrogen) atoms. The summed E-state index contributed by atoms with van der Waals surface area (Å²) in [7, 11) is 3.25. The lowest BCUT2D eigenvalue weighted by Gasteiger charge is -2.28. The van der Waals surface area contributed by atoms with Crippen LogP contribution in [-0.2, 0) is 11.3 Å². The zero-order chi connectivity index (χ0) is 26.9. The maximum Gasteiger partial charge on any atom is 0.123 e. The van der Waals surface area contributed by atoms with Gasteiger partial charge in [-0.25, -0.2) is 0 Å². The van der Waals surface area contributed by atoms with Crippen molar-refractivity contribution < 1.29 is 9.47 Å². The summed E-state index contributed by atoms with van der Waals surface area (Å²) in [4.78, 5) is 2.46. The molecule has 3 nitrogen and oxygen atoms in total. The van der Waals surface area contributed by atoms with Gasteiger partial charge in [0.2, 0.25) is 0 Å². The van der Waals surface area contributed by atoms with Gasteiger partial charge in [-0.1, -0.05) is 93.2 Å². The number of benzene rings is 3. The molecule has 196 valence electrons. The maximum absolute atomic E-state index is 6.13. The first-order chi connectivity index (χ1) is 17.3. The van der Waals surface area contributed by atoms with E-state index in [4.69, 9.17) is 4.74 Å². The van der Waals surface area contributed by atoms with Crippen LogP contribution in [0.2, 0.25) is 0 Å². The van der Waals surface area contributed by atoms with Crippen LogP contribution in [0.4, 0.5) is 0 Å². The van der Waals surface area contributed by atoms with Crippen molar-refractivity contribution in [3.63, 3.8) is 0 Å². The standard InChI is InChI=1S/C23H22O.C8H19N.C2H6O/c1-3-19-14-15-23(24-17-20-10-6-4-7-11-20)22(16-19)18(2)21-12-8-5-9-13-21;1-6-9(7(2)3)8(4)5;1-3-2/h3-16,18H,1,17H2,2H3;7-8H,6H2,1-5H3;1-2H3/t18-;;/m1../s1. The second kappa shape index (κ2) is 17.5. The molecule has 0 aliphatic carbocycles. The van der Waals surface area contributed by atoms with Crippen molar-refractivity contribution in [1.82, 2.24) is 4.90 Å². The van der Waals surface area contributed by atoms with Gasteiger partial charge in [0.1, 0.15) is 12.4 Å². The largest absolute Gasteiger partial charge is 0.489 e. The second-order valence-electron chi connectivity index (χ2n) is 9.33. The third kappa shape index (κ3) is 10.8. The highest BCUT2D eigenvalue weighted by molar-refractivity contribution is 5.54. The molecule has 3 rings (SSSR count). The molecule has 0 amide bonds. The minimum Gasteiger partial charge on any atom is -0.489 e. The number of nitrogens with zero attached hydrogens (tertiary/aromatic N) is 1. The maximum atomic E-state index is 6.13. The van der Waals surface area contributed by atoms with E-state index in [9.17, 15) is 0 Å². The highest BCUT2D eigenvalue weighted by Crippen LogP contribution is 2.33. The van der Waals surface area contributed by atoms with E-state index in [1.54, 1.807) is 14.2 Å². The molecule has 0 N–H and O–H groups in total. The predicted molar refractivity (Wildman–Crippen MR) is 157 cm³/mol. The molecule has 0 saturated carbocycles. The van der Waals surface area contributed by atoms with Crippen molar-refractivity contribution in [2.75, 3.05) is 20.8 Å². The van der Waals surface area contributed by atoms with Crippen LogP contribution in [0.25, 0.3) is 6.08 Å². The third-order valence-corrected chi connectivity index (χ3v) is 5.96. The van der Waals surface area contributed by atoms with Gasteiger partial charge in [0.05, 0.1) is 0 Å². The summed E-state index contributed by atoms with van der Waals surface area (Å²) in [6.07, 6.45) is 1.88. The quantitative estimate of drug-likeness (QED) is 0.301. The highest BCUT2D eigenvalue weighted by Gasteiger charge is 2.14. The van der Waals surface area contributed by atoms with E-state index < -0.39 is 0 Å². The molecule has 0 aliphatic rings. The lowest BCUT2D eigenvalue weighted by atomic mass is 9.91. The number of hydrogen-bond acceptors (Lipinski definition) is 3. The van der Waals surface area contributed by atoms with Crippen molar-refractivity contribution in [2.45, 2.75) is 66.2 Å². The topological polar surface area (TPSA) is 21.7 Å². The van der Waals surface area contributed by atoms with Gasteiger partial charge in [-0.05, 0) is 63.1 Å². The van der Waals surface area contributed by atoms with Gasteiger partial charge in [0, 0.05) is 37.8 Å². The SMILES string of the molecule is C=Cc1ccc(OCc2ccccc2)c([C@H](C)c2ccccc2)c1.CCN(C(C)C)C(C)C.COC. The fourth-order valence-electron chi connectivity index (χ4n) is 4.15. The van der Waals surface area contributed by atoms with Crippen molar-refractivity contribution in [3.8, 4) is 5.75 Å². The van der Waals surface area contributed by atoms with Crippen molar-refractivity contribution >= 4 is 6.08 Å². The molecule has 0 unspecified atom stereocenters. The van der Waals surface area contributed by atoms with Crippen molar-refractivity contribution in [1.29, 1.82) is 0 Å². The first kappa shape index (κ1) is 31.2. The third-order valence-electron chi connectivity index (χ3n) is 5.96. The van der Waals surface area contributed by atoms with E-state index >= 15 is 0 Å². The first-order valence-electron chi connectivity index (χ1n) is 12.9. The van der Waals surface area contributed by atoms with E-state index in [1.165, 1.54) is 16.7 Å². The molecular formula is C33H47NO2. The average molecular weight is 490 g/mol. The molecule has 1 atom stereocenters. The van der Waals surface area contributed by atoms with Crippen molar-refractivity contribution in [2.24, 2.45) is 0 Å². The Morgan fingerprint density at radius 2 is 1.33 bits per heavy atom. The van der Waals surface area contributed by atoms with Gasteiger partial charge >= 0.3 is 0 Å². The zero-order valence-electron chi connectivity index (χ0n) is 23.7. The number of methoxy groups -OCH3 is 1. The molecule has 0 aliphatic heterocycles. The Labute approximate surface area is 220 Å². The van der Waals surface area contributed by atoms with Gasteiger partial charge in [-0.3, -0.25) is 4.90 Å². The van der Waals surface area contributed by atoms with Crippen LogP contribution in [0.1, 0.15) is 69.7 Å². The lowest BCUT2D eigenvalue weighted by molar-refractivity contribution is 0.185. The second-order valence-corrected chi connectivity index (χ2v) is 9.33. The van der Waals surface area contributed by atoms with E-state index in [0.717, 1.165) is 17.9 Å². The van der Waals surface area contributed by atoms with Gasteiger partial charge in [-0.15, -0.1) is 0 Å². The molecule has 3 aromatic rings. The molecule has 0 heterocycles. The normalized spacial score (nSPS) is 11.3. The average Bonchev–Trinajstić information content (AvgIpc) is 2.89.